The van der Waals surface area contributed by atoms with Gasteiger partial charge in [-0.05, 0) is 19.9 Å². The lowest BCUT2D eigenvalue weighted by Gasteiger charge is -2.35. The molecule has 8 heteroatoms. The minimum Gasteiger partial charge on any atom is -0.383 e. The molecule has 1 unspecified atom stereocenters. The van der Waals surface area contributed by atoms with Crippen LogP contribution in [0.1, 0.15) is 47.1 Å². The molecular weight excluding hydrogens is 404 g/mol. The lowest BCUT2D eigenvalue weighted by molar-refractivity contribution is 0.190. The maximum Gasteiger partial charge on any atom is 0.324 e. The number of nitrogens with zero attached hydrogens (tertiary/aromatic N) is 4. The Morgan fingerprint density at radius 2 is 1.91 bits per heavy atom. The quantitative estimate of drug-likeness (QED) is 0.560. The highest BCUT2D eigenvalue weighted by Crippen LogP contribution is 2.26. The van der Waals surface area contributed by atoms with Crippen molar-refractivity contribution in [1.29, 1.82) is 5.41 Å². The van der Waals surface area contributed by atoms with Crippen molar-refractivity contribution in [2.75, 3.05) is 50.1 Å². The van der Waals surface area contributed by atoms with Crippen molar-refractivity contribution in [3.05, 3.63) is 36.0 Å². The highest BCUT2D eigenvalue weighted by atomic mass is 16.5. The number of rotatable bonds is 8. The molecular formula is C24H40N6O2. The molecule has 1 fully saturated rings. The van der Waals surface area contributed by atoms with Gasteiger partial charge in [-0.3, -0.25) is 0 Å². The lowest BCUT2D eigenvalue weighted by Crippen LogP contribution is -2.45. The summed E-state index contributed by atoms with van der Waals surface area (Å²) in [5.74, 6) is 0.538. The largest absolute Gasteiger partial charge is 0.383 e. The van der Waals surface area contributed by atoms with E-state index in [1.54, 1.807) is 7.11 Å². The molecule has 0 saturated carbocycles. The number of aromatic nitrogens is 2. The zero-order chi connectivity index (χ0) is 24.1. The highest BCUT2D eigenvalue weighted by molar-refractivity contribution is 5.87. The van der Waals surface area contributed by atoms with Gasteiger partial charge in [0.15, 0.2) is 0 Å². The molecule has 0 radical (unpaired) electrons. The molecule has 8 nitrogen and oxygen atoms in total. The van der Waals surface area contributed by atoms with E-state index in [-0.39, 0.29) is 6.04 Å². The van der Waals surface area contributed by atoms with E-state index in [9.17, 15) is 0 Å². The fourth-order valence-corrected chi connectivity index (χ4v) is 3.24. The third kappa shape index (κ3) is 7.37. The van der Waals surface area contributed by atoms with Crippen LogP contribution in [0.3, 0.4) is 0 Å². The van der Waals surface area contributed by atoms with Crippen molar-refractivity contribution in [3.8, 4) is 11.4 Å². The summed E-state index contributed by atoms with van der Waals surface area (Å²) in [6, 6.07) is 6.38. The zero-order valence-electron chi connectivity index (χ0n) is 20.7. The maximum absolute atomic E-state index is 7.63. The molecule has 1 atom stereocenters. The van der Waals surface area contributed by atoms with Crippen LogP contribution < -0.4 is 10.2 Å². The van der Waals surface area contributed by atoms with Gasteiger partial charge < -0.3 is 29.8 Å². The van der Waals surface area contributed by atoms with Gasteiger partial charge in [-0.15, -0.1) is 0 Å². The number of hydrogen-bond donors (Lipinski definition) is 2. The fourth-order valence-electron chi connectivity index (χ4n) is 3.24. The molecule has 32 heavy (non-hydrogen) atoms. The number of piperazine rings is 1. The first-order valence-corrected chi connectivity index (χ1v) is 11.4. The molecule has 0 aliphatic carbocycles. The first-order valence-electron chi connectivity index (χ1n) is 11.4. The Morgan fingerprint density at radius 1 is 1.25 bits per heavy atom. The molecule has 0 bridgehead atoms. The van der Waals surface area contributed by atoms with Crippen LogP contribution in [0.25, 0.3) is 11.4 Å². The maximum atomic E-state index is 7.63. The van der Waals surface area contributed by atoms with Gasteiger partial charge in [0.2, 0.25) is 5.82 Å². The predicted octanol–water partition coefficient (Wildman–Crippen LogP) is 4.89. The van der Waals surface area contributed by atoms with Gasteiger partial charge in [0.25, 0.3) is 0 Å². The van der Waals surface area contributed by atoms with E-state index < -0.39 is 0 Å². The van der Waals surface area contributed by atoms with E-state index in [1.807, 2.05) is 59.7 Å². The van der Waals surface area contributed by atoms with Crippen LogP contribution in [-0.2, 0) is 4.74 Å². The van der Waals surface area contributed by atoms with Crippen molar-refractivity contribution < 1.29 is 9.26 Å². The van der Waals surface area contributed by atoms with Crippen LogP contribution in [0.4, 0.5) is 11.7 Å². The summed E-state index contributed by atoms with van der Waals surface area (Å²) in [5, 5.41) is 15.2. The first-order chi connectivity index (χ1) is 15.5. The highest BCUT2D eigenvalue weighted by Gasteiger charge is 2.22. The Kier molecular flexibility index (Phi) is 12.1. The molecule has 1 aromatic heterocycles. The minimum absolute atomic E-state index is 0.115. The van der Waals surface area contributed by atoms with E-state index in [1.165, 1.54) is 6.21 Å². The topological polar surface area (TPSA) is 90.5 Å². The normalized spacial score (nSPS) is 13.8. The second-order valence-electron chi connectivity index (χ2n) is 7.06. The Bertz CT molecular complexity index is 828. The molecule has 1 aromatic carbocycles. The van der Waals surface area contributed by atoms with Crippen molar-refractivity contribution in [3.63, 3.8) is 0 Å². The van der Waals surface area contributed by atoms with Gasteiger partial charge in [-0.2, -0.15) is 4.98 Å². The Hall–Kier alpha value is -2.87. The molecule has 2 heterocycles. The second-order valence-corrected chi connectivity index (χ2v) is 7.06. The van der Waals surface area contributed by atoms with Crippen LogP contribution in [-0.4, -0.2) is 67.2 Å². The summed E-state index contributed by atoms with van der Waals surface area (Å²) in [5.41, 5.74) is 3.57. The van der Waals surface area contributed by atoms with Crippen molar-refractivity contribution in [1.82, 2.24) is 15.0 Å². The second kappa shape index (κ2) is 14.2. The Labute approximate surface area is 193 Å². The number of ether oxygens (including phenoxy) is 1. The third-order valence-corrected chi connectivity index (χ3v) is 4.79. The van der Waals surface area contributed by atoms with Crippen molar-refractivity contribution in [2.24, 2.45) is 0 Å². The summed E-state index contributed by atoms with van der Waals surface area (Å²) < 4.78 is 10.7. The first kappa shape index (κ1) is 27.2. The van der Waals surface area contributed by atoms with E-state index in [0.717, 1.165) is 48.7 Å². The molecule has 1 aliphatic rings. The van der Waals surface area contributed by atoms with E-state index in [0.29, 0.717) is 18.4 Å². The molecule has 2 aromatic rings. The number of allylic oxidation sites excluding steroid dienone is 1. The molecule has 0 spiro atoms. The van der Waals surface area contributed by atoms with Crippen LogP contribution in [0, 0.1) is 5.41 Å². The molecule has 2 N–H and O–H groups in total. The van der Waals surface area contributed by atoms with Crippen LogP contribution in [0.2, 0.25) is 0 Å². The van der Waals surface area contributed by atoms with E-state index in [2.05, 4.69) is 31.8 Å². The number of anilines is 2. The molecule has 1 aliphatic heterocycles. The van der Waals surface area contributed by atoms with Gasteiger partial charge in [-0.25, -0.2) is 0 Å². The predicted molar refractivity (Wildman–Crippen MR) is 134 cm³/mol. The SMILES string of the molecule is C=C(C)N1CCN(c2nc(-c3ccc(C=N)c(NC(C)COC)c3)no2)CC1.CC.CC. The van der Waals surface area contributed by atoms with E-state index in [4.69, 9.17) is 14.7 Å². The molecule has 0 amide bonds. The molecule has 3 rings (SSSR count). The third-order valence-electron chi connectivity index (χ3n) is 4.79. The van der Waals surface area contributed by atoms with Gasteiger partial charge >= 0.3 is 6.01 Å². The standard InChI is InChI=1S/C20H28N6O2.2C2H6/c1-14(2)25-7-9-26(10-8-25)20-23-19(24-28-20)16-5-6-17(12-21)18(11-16)22-15(3)13-27-4;2*1-2/h5-6,11-12,15,21-22H,1,7-10,13H2,2-4H3;2*1-2H3. The minimum atomic E-state index is 0.115. The zero-order valence-corrected chi connectivity index (χ0v) is 20.7. The average Bonchev–Trinajstić information content (AvgIpc) is 3.32. The summed E-state index contributed by atoms with van der Waals surface area (Å²) in [7, 11) is 1.67. The summed E-state index contributed by atoms with van der Waals surface area (Å²) in [4.78, 5) is 8.94. The summed E-state index contributed by atoms with van der Waals surface area (Å²) in [6.45, 7) is 20.1. The molecule has 178 valence electrons. The van der Waals surface area contributed by atoms with Gasteiger partial charge in [-0.1, -0.05) is 51.6 Å². The van der Waals surface area contributed by atoms with E-state index >= 15 is 0 Å². The summed E-state index contributed by atoms with van der Waals surface area (Å²) in [6.07, 6.45) is 1.33. The van der Waals surface area contributed by atoms with Crippen molar-refractivity contribution in [2.45, 2.75) is 47.6 Å². The number of hydrogen-bond acceptors (Lipinski definition) is 8. The van der Waals surface area contributed by atoms with Gasteiger partial charge in [0.05, 0.1) is 6.61 Å². The fraction of sp³-hybridized carbons (Fsp3) is 0.542. The van der Waals surface area contributed by atoms with Crippen LogP contribution in [0.15, 0.2) is 35.0 Å². The number of benzene rings is 1. The van der Waals surface area contributed by atoms with Crippen LogP contribution in [0.5, 0.6) is 0 Å². The van der Waals surface area contributed by atoms with Gasteiger partial charge in [0.1, 0.15) is 0 Å². The Balaban J connectivity index is 0.00000121. The Morgan fingerprint density at radius 3 is 2.47 bits per heavy atom. The van der Waals surface area contributed by atoms with Crippen molar-refractivity contribution >= 4 is 17.9 Å². The average molecular weight is 445 g/mol. The monoisotopic (exact) mass is 444 g/mol. The lowest BCUT2D eigenvalue weighted by atomic mass is 10.1. The molecule has 1 saturated heterocycles. The van der Waals surface area contributed by atoms with Crippen LogP contribution >= 0.6 is 0 Å². The smallest absolute Gasteiger partial charge is 0.324 e. The van der Waals surface area contributed by atoms with Gasteiger partial charge in [0, 0.05) is 68.1 Å². The summed E-state index contributed by atoms with van der Waals surface area (Å²) >= 11 is 0. The number of nitrogens with one attached hydrogen (secondary N) is 2. The number of methoxy groups -OCH3 is 1.